The number of carbonyl (C=O) groups excluding carboxylic acids is 1. The molecule has 2 heterocycles. The molecule has 0 spiro atoms. The summed E-state index contributed by atoms with van der Waals surface area (Å²) in [6.07, 6.45) is -5.60. The molecular formula is C19H22N4O9. The first kappa shape index (κ1) is 23.1. The molecule has 2 aromatic rings. The Morgan fingerprint density at radius 2 is 1.81 bits per heavy atom. The first-order chi connectivity index (χ1) is 15.1. The van der Waals surface area contributed by atoms with Crippen molar-refractivity contribution in [3.8, 4) is 5.75 Å². The minimum atomic E-state index is -1.80. The standard InChI is InChI=1S/C19H22N4O9/c20-10(7-8-1-3-9(24)4-2-8)16(28)22-12(18(29)30)15-13(26)14(27)17(32-15)23-6-5-11(25)21-19(23)31/h1-6,10,12-15,17,24,26-27H,7,20H2,(H,22,28)(H,29,30)(H,21,25,31)/t10?,12?,13-,14+,15+,17+/m0/s1. The number of aromatic amines is 1. The lowest BCUT2D eigenvalue weighted by Crippen LogP contribution is -2.56. The van der Waals surface area contributed by atoms with Crippen molar-refractivity contribution in [2.45, 2.75) is 43.0 Å². The SMILES string of the molecule is NC(Cc1ccc(O)cc1)C(=O)NC(C(=O)O)[C@H]1O[C@@H](n2ccc(=O)[nH]c2=O)[C@H](O)[C@@H]1O. The summed E-state index contributed by atoms with van der Waals surface area (Å²) >= 11 is 0. The molecule has 13 heteroatoms. The van der Waals surface area contributed by atoms with Gasteiger partial charge in [0.1, 0.15) is 24.1 Å². The van der Waals surface area contributed by atoms with Crippen molar-refractivity contribution >= 4 is 11.9 Å². The normalized spacial score (nSPS) is 24.6. The van der Waals surface area contributed by atoms with Crippen LogP contribution in [0.1, 0.15) is 11.8 Å². The maximum Gasteiger partial charge on any atom is 0.330 e. The Morgan fingerprint density at radius 3 is 2.41 bits per heavy atom. The molecule has 0 saturated carbocycles. The molecule has 8 N–H and O–H groups in total. The van der Waals surface area contributed by atoms with Gasteiger partial charge in [-0.1, -0.05) is 12.1 Å². The highest BCUT2D eigenvalue weighted by Gasteiger charge is 2.50. The van der Waals surface area contributed by atoms with Gasteiger partial charge in [0, 0.05) is 12.3 Å². The van der Waals surface area contributed by atoms with Gasteiger partial charge in [0.2, 0.25) is 5.91 Å². The summed E-state index contributed by atoms with van der Waals surface area (Å²) in [5, 5.41) is 41.7. The number of ether oxygens (including phenoxy) is 1. The topological polar surface area (TPSA) is 217 Å². The van der Waals surface area contributed by atoms with E-state index in [4.69, 9.17) is 10.5 Å². The zero-order chi connectivity index (χ0) is 23.6. The van der Waals surface area contributed by atoms with E-state index < -0.39 is 59.7 Å². The van der Waals surface area contributed by atoms with Crippen LogP contribution in [-0.4, -0.2) is 72.2 Å². The first-order valence-electron chi connectivity index (χ1n) is 9.48. The molecule has 1 aromatic heterocycles. The predicted octanol–water partition coefficient (Wildman–Crippen LogP) is -3.00. The summed E-state index contributed by atoms with van der Waals surface area (Å²) in [6.45, 7) is 0. The minimum absolute atomic E-state index is 0.0276. The average Bonchev–Trinajstić information content (AvgIpc) is 3.02. The van der Waals surface area contributed by atoms with Crippen LogP contribution in [0, 0.1) is 0 Å². The molecule has 2 unspecified atom stereocenters. The summed E-state index contributed by atoms with van der Waals surface area (Å²) in [5.74, 6) is -2.40. The number of hydrogen-bond donors (Lipinski definition) is 7. The number of carboxylic acid groups (broad SMARTS) is 1. The summed E-state index contributed by atoms with van der Waals surface area (Å²) in [5.41, 5.74) is 4.82. The number of nitrogens with two attached hydrogens (primary N) is 1. The fourth-order valence-corrected chi connectivity index (χ4v) is 3.34. The second kappa shape index (κ2) is 9.32. The molecule has 1 fully saturated rings. The van der Waals surface area contributed by atoms with Gasteiger partial charge >= 0.3 is 11.7 Å². The van der Waals surface area contributed by atoms with Crippen LogP contribution in [0.15, 0.2) is 46.1 Å². The van der Waals surface area contributed by atoms with Gasteiger partial charge in [-0.05, 0) is 24.1 Å². The van der Waals surface area contributed by atoms with Gasteiger partial charge in [-0.3, -0.25) is 19.1 Å². The van der Waals surface area contributed by atoms with Gasteiger partial charge in [-0.25, -0.2) is 9.59 Å². The Kier molecular flexibility index (Phi) is 6.74. The van der Waals surface area contributed by atoms with E-state index in [2.05, 4.69) is 5.32 Å². The van der Waals surface area contributed by atoms with E-state index in [9.17, 15) is 39.6 Å². The zero-order valence-corrected chi connectivity index (χ0v) is 16.5. The van der Waals surface area contributed by atoms with Crippen LogP contribution in [-0.2, 0) is 20.7 Å². The van der Waals surface area contributed by atoms with E-state index in [-0.39, 0.29) is 12.2 Å². The number of aliphatic carboxylic acids is 1. The fourth-order valence-electron chi connectivity index (χ4n) is 3.34. The molecular weight excluding hydrogens is 428 g/mol. The molecule has 13 nitrogen and oxygen atoms in total. The van der Waals surface area contributed by atoms with Gasteiger partial charge in [0.25, 0.3) is 5.56 Å². The number of hydrogen-bond acceptors (Lipinski definition) is 9. The predicted molar refractivity (Wildman–Crippen MR) is 107 cm³/mol. The molecule has 1 aromatic carbocycles. The number of aliphatic hydroxyl groups is 2. The molecule has 1 aliphatic rings. The molecule has 6 atom stereocenters. The number of carboxylic acids is 1. The lowest BCUT2D eigenvalue weighted by Gasteiger charge is -2.24. The first-order valence-corrected chi connectivity index (χ1v) is 9.48. The van der Waals surface area contributed by atoms with E-state index in [1.54, 1.807) is 12.1 Å². The van der Waals surface area contributed by atoms with Crippen molar-refractivity contribution in [3.63, 3.8) is 0 Å². The lowest BCUT2D eigenvalue weighted by molar-refractivity contribution is -0.149. The van der Waals surface area contributed by atoms with Crippen molar-refractivity contribution in [2.24, 2.45) is 5.73 Å². The Bertz CT molecular complexity index is 1100. The number of phenols is 1. The third-order valence-corrected chi connectivity index (χ3v) is 5.02. The second-order valence-corrected chi connectivity index (χ2v) is 7.29. The summed E-state index contributed by atoms with van der Waals surface area (Å²) in [4.78, 5) is 49.4. The van der Waals surface area contributed by atoms with Gasteiger partial charge in [-0.2, -0.15) is 0 Å². The maximum absolute atomic E-state index is 12.5. The number of phenolic OH excluding ortho intramolecular Hbond substituents is 1. The quantitative estimate of drug-likeness (QED) is 0.227. The van der Waals surface area contributed by atoms with E-state index >= 15 is 0 Å². The van der Waals surface area contributed by atoms with Gasteiger partial charge < -0.3 is 36.2 Å². The number of nitrogens with one attached hydrogen (secondary N) is 2. The van der Waals surface area contributed by atoms with Crippen molar-refractivity contribution in [3.05, 3.63) is 62.9 Å². The maximum atomic E-state index is 12.5. The third-order valence-electron chi connectivity index (χ3n) is 5.02. The minimum Gasteiger partial charge on any atom is -0.508 e. The summed E-state index contributed by atoms with van der Waals surface area (Å²) in [7, 11) is 0. The molecule has 172 valence electrons. The zero-order valence-electron chi connectivity index (χ0n) is 16.5. The molecule has 1 aliphatic heterocycles. The van der Waals surface area contributed by atoms with Crippen molar-refractivity contribution in [1.29, 1.82) is 0 Å². The number of H-pyrrole nitrogens is 1. The Balaban J connectivity index is 1.75. The number of aromatic hydroxyl groups is 1. The van der Waals surface area contributed by atoms with Crippen LogP contribution < -0.4 is 22.3 Å². The van der Waals surface area contributed by atoms with Gasteiger partial charge in [0.05, 0.1) is 6.04 Å². The van der Waals surface area contributed by atoms with Crippen LogP contribution >= 0.6 is 0 Å². The number of carbonyl (C=O) groups is 2. The molecule has 0 aliphatic carbocycles. The van der Waals surface area contributed by atoms with Gasteiger partial charge in [-0.15, -0.1) is 0 Å². The van der Waals surface area contributed by atoms with Crippen LogP contribution in [0.2, 0.25) is 0 Å². The number of rotatable bonds is 7. The Labute approximate surface area is 179 Å². The van der Waals surface area contributed by atoms with Crippen LogP contribution in [0.5, 0.6) is 5.75 Å². The molecule has 1 amide bonds. The Morgan fingerprint density at radius 1 is 1.16 bits per heavy atom. The highest BCUT2D eigenvalue weighted by atomic mass is 16.6. The highest BCUT2D eigenvalue weighted by Crippen LogP contribution is 2.30. The van der Waals surface area contributed by atoms with Crippen molar-refractivity contribution < 1.29 is 34.8 Å². The monoisotopic (exact) mass is 450 g/mol. The third kappa shape index (κ3) is 4.86. The number of benzene rings is 1. The number of nitrogens with zero attached hydrogens (tertiary/aromatic N) is 1. The largest absolute Gasteiger partial charge is 0.508 e. The second-order valence-electron chi connectivity index (χ2n) is 7.29. The summed E-state index contributed by atoms with van der Waals surface area (Å²) in [6, 6.07) is 3.92. The molecule has 0 radical (unpaired) electrons. The molecule has 1 saturated heterocycles. The molecule has 0 bridgehead atoms. The van der Waals surface area contributed by atoms with Crippen LogP contribution in [0.3, 0.4) is 0 Å². The summed E-state index contributed by atoms with van der Waals surface area (Å²) < 4.78 is 6.19. The average molecular weight is 450 g/mol. The van der Waals surface area contributed by atoms with Gasteiger partial charge in [0.15, 0.2) is 12.3 Å². The smallest absolute Gasteiger partial charge is 0.330 e. The lowest BCUT2D eigenvalue weighted by atomic mass is 10.0. The molecule has 32 heavy (non-hydrogen) atoms. The van der Waals surface area contributed by atoms with E-state index in [0.29, 0.717) is 5.56 Å². The molecule has 3 rings (SSSR count). The van der Waals surface area contributed by atoms with E-state index in [1.165, 1.54) is 12.1 Å². The number of aliphatic hydroxyl groups excluding tert-OH is 2. The van der Waals surface area contributed by atoms with E-state index in [0.717, 1.165) is 16.8 Å². The fraction of sp³-hybridized carbons (Fsp3) is 0.368. The number of amides is 1. The van der Waals surface area contributed by atoms with Crippen molar-refractivity contribution in [1.82, 2.24) is 14.9 Å². The number of aromatic nitrogens is 2. The van der Waals surface area contributed by atoms with E-state index in [1.807, 2.05) is 4.98 Å². The Hall–Kier alpha value is -3.52. The van der Waals surface area contributed by atoms with Crippen LogP contribution in [0.25, 0.3) is 0 Å². The van der Waals surface area contributed by atoms with Crippen LogP contribution in [0.4, 0.5) is 0 Å². The van der Waals surface area contributed by atoms with Crippen molar-refractivity contribution in [2.75, 3.05) is 0 Å². The highest BCUT2D eigenvalue weighted by molar-refractivity contribution is 5.87.